The number of aryl methyl sites for hydroxylation is 2. The molecule has 0 aromatic heterocycles. The normalized spacial score (nSPS) is 10.4. The molecular weight excluding hydrogens is 272 g/mol. The molecule has 0 aliphatic heterocycles. The number of nitro benzene ring substituents is 1. The highest BCUT2D eigenvalue weighted by Gasteiger charge is 2.04. The molecule has 21 heavy (non-hydrogen) atoms. The topological polar surface area (TPSA) is 107 Å². The fraction of sp³-hybridized carbons (Fsp3) is 0.133. The van der Waals surface area contributed by atoms with Gasteiger partial charge < -0.3 is 10.6 Å². The zero-order valence-corrected chi connectivity index (χ0v) is 11.7. The number of phenolic OH excluding ortho intramolecular Hbond substituents is 1. The maximum absolute atomic E-state index is 10.5. The van der Waals surface area contributed by atoms with E-state index < -0.39 is 4.92 Å². The Morgan fingerprint density at radius 2 is 1.67 bits per heavy atom. The van der Waals surface area contributed by atoms with E-state index in [1.165, 1.54) is 12.1 Å². The van der Waals surface area contributed by atoms with Gasteiger partial charge in [0.15, 0.2) is 0 Å². The minimum Gasteiger partial charge on any atom is -0.507 e. The second kappa shape index (κ2) is 6.62. The van der Waals surface area contributed by atoms with Crippen LogP contribution in [0.2, 0.25) is 0 Å². The third-order valence-electron chi connectivity index (χ3n) is 2.94. The van der Waals surface area contributed by atoms with Gasteiger partial charge in [0, 0.05) is 18.3 Å². The van der Waals surface area contributed by atoms with Gasteiger partial charge in [-0.05, 0) is 54.8 Å². The highest BCUT2D eigenvalue weighted by molar-refractivity contribution is 5.82. The zero-order valence-electron chi connectivity index (χ0n) is 11.7. The highest BCUT2D eigenvalue weighted by Crippen LogP contribution is 2.27. The molecule has 0 aliphatic rings. The minimum atomic E-state index is -0.437. The summed E-state index contributed by atoms with van der Waals surface area (Å²) < 4.78 is 0. The Hall–Kier alpha value is -2.73. The lowest BCUT2D eigenvalue weighted by Gasteiger charge is -2.04. The third-order valence-corrected chi connectivity index (χ3v) is 2.94. The van der Waals surface area contributed by atoms with Crippen molar-refractivity contribution >= 4 is 17.6 Å². The van der Waals surface area contributed by atoms with Gasteiger partial charge >= 0.3 is 0 Å². The van der Waals surface area contributed by atoms with Gasteiger partial charge in [0.1, 0.15) is 5.75 Å². The van der Waals surface area contributed by atoms with Crippen LogP contribution in [0.1, 0.15) is 16.7 Å². The monoisotopic (exact) mass is 288 g/mol. The molecular formula is C15H16N2O4. The van der Waals surface area contributed by atoms with E-state index in [9.17, 15) is 15.2 Å². The predicted molar refractivity (Wildman–Crippen MR) is 81.5 cm³/mol. The molecule has 6 nitrogen and oxygen atoms in total. The number of hydrogen-bond donors (Lipinski definition) is 1. The smallest absolute Gasteiger partial charge is 0.269 e. The van der Waals surface area contributed by atoms with Gasteiger partial charge in [-0.3, -0.25) is 15.1 Å². The maximum atomic E-state index is 10.5. The molecule has 0 unspecified atom stereocenters. The Morgan fingerprint density at radius 3 is 2.14 bits per heavy atom. The van der Waals surface area contributed by atoms with Crippen molar-refractivity contribution in [1.82, 2.24) is 0 Å². The largest absolute Gasteiger partial charge is 0.507 e. The Bertz CT molecular complexity index is 656. The molecule has 0 saturated carbocycles. The first-order chi connectivity index (χ1) is 9.47. The van der Waals surface area contributed by atoms with Crippen molar-refractivity contribution in [2.75, 3.05) is 0 Å². The van der Waals surface area contributed by atoms with Crippen LogP contribution < -0.4 is 0 Å². The van der Waals surface area contributed by atoms with E-state index in [0.29, 0.717) is 0 Å². The molecule has 2 rings (SSSR count). The van der Waals surface area contributed by atoms with Crippen LogP contribution in [0.25, 0.3) is 0 Å². The van der Waals surface area contributed by atoms with Crippen molar-refractivity contribution in [2.45, 2.75) is 13.8 Å². The average Bonchev–Trinajstić information content (AvgIpc) is 2.42. The Kier molecular flexibility index (Phi) is 5.15. The van der Waals surface area contributed by atoms with Crippen LogP contribution in [0.15, 0.2) is 41.4 Å². The second-order valence-electron chi connectivity index (χ2n) is 4.54. The summed E-state index contributed by atoms with van der Waals surface area (Å²) in [6.07, 6.45) is 1.63. The minimum absolute atomic E-state index is 0. The van der Waals surface area contributed by atoms with Crippen LogP contribution in [0.4, 0.5) is 11.4 Å². The van der Waals surface area contributed by atoms with Crippen molar-refractivity contribution in [1.29, 1.82) is 0 Å². The highest BCUT2D eigenvalue weighted by atomic mass is 16.6. The van der Waals surface area contributed by atoms with Gasteiger partial charge in [-0.1, -0.05) is 0 Å². The average molecular weight is 288 g/mol. The van der Waals surface area contributed by atoms with Crippen LogP contribution in [-0.4, -0.2) is 21.7 Å². The summed E-state index contributed by atoms with van der Waals surface area (Å²) >= 11 is 0. The molecule has 0 aliphatic carbocycles. The summed E-state index contributed by atoms with van der Waals surface area (Å²) in [6, 6.07) is 9.72. The number of phenols is 1. The fourth-order valence-corrected chi connectivity index (χ4v) is 1.84. The van der Waals surface area contributed by atoms with Crippen molar-refractivity contribution in [2.24, 2.45) is 4.99 Å². The first kappa shape index (κ1) is 16.3. The Balaban J connectivity index is 0.00000220. The first-order valence-electron chi connectivity index (χ1n) is 6.06. The van der Waals surface area contributed by atoms with Gasteiger partial charge in [0.05, 0.1) is 10.6 Å². The molecule has 0 bridgehead atoms. The summed E-state index contributed by atoms with van der Waals surface area (Å²) in [7, 11) is 0. The molecule has 2 aromatic rings. The van der Waals surface area contributed by atoms with E-state index >= 15 is 0 Å². The summed E-state index contributed by atoms with van der Waals surface area (Å²) in [5.41, 5.74) is 3.09. The van der Waals surface area contributed by atoms with Crippen LogP contribution in [0.3, 0.4) is 0 Å². The fourth-order valence-electron chi connectivity index (χ4n) is 1.84. The van der Waals surface area contributed by atoms with Crippen LogP contribution in [-0.2, 0) is 0 Å². The van der Waals surface area contributed by atoms with Crippen molar-refractivity contribution in [3.63, 3.8) is 0 Å². The molecule has 0 fully saturated rings. The van der Waals surface area contributed by atoms with Crippen molar-refractivity contribution < 1.29 is 15.5 Å². The second-order valence-corrected chi connectivity index (χ2v) is 4.54. The predicted octanol–water partition coefficient (Wildman–Crippen LogP) is 2.84. The number of aliphatic imine (C=N–C) groups is 1. The van der Waals surface area contributed by atoms with Crippen LogP contribution in [0.5, 0.6) is 5.75 Å². The summed E-state index contributed by atoms with van der Waals surface area (Å²) in [6.45, 7) is 3.63. The third kappa shape index (κ3) is 3.87. The van der Waals surface area contributed by atoms with Gasteiger partial charge in [0.2, 0.25) is 0 Å². The lowest BCUT2D eigenvalue weighted by Crippen LogP contribution is -1.88. The molecule has 6 heteroatoms. The molecule has 110 valence electrons. The van der Waals surface area contributed by atoms with Gasteiger partial charge in [-0.15, -0.1) is 0 Å². The standard InChI is InChI=1S/C15H14N2O3.H2O/c1-10-7-13(8-11(2)15(10)18)16-9-12-3-5-14(6-4-12)17(19)20;/h3-9,18H,1-2H3;1H2. The molecule has 0 spiro atoms. The van der Waals surface area contributed by atoms with E-state index in [-0.39, 0.29) is 16.9 Å². The Morgan fingerprint density at radius 1 is 1.14 bits per heavy atom. The quantitative estimate of drug-likeness (QED) is 0.533. The summed E-state index contributed by atoms with van der Waals surface area (Å²) in [5, 5.41) is 20.2. The first-order valence-corrected chi connectivity index (χ1v) is 6.06. The Labute approximate surface area is 121 Å². The van der Waals surface area contributed by atoms with Gasteiger partial charge in [-0.2, -0.15) is 0 Å². The number of nitrogens with zero attached hydrogens (tertiary/aromatic N) is 2. The van der Waals surface area contributed by atoms with E-state index in [4.69, 9.17) is 0 Å². The number of nitro groups is 1. The number of benzene rings is 2. The van der Waals surface area contributed by atoms with Crippen LogP contribution >= 0.6 is 0 Å². The SMILES string of the molecule is Cc1cc(N=Cc2ccc([N+](=O)[O-])cc2)cc(C)c1O.O. The number of aromatic hydroxyl groups is 1. The van der Waals surface area contributed by atoms with E-state index in [2.05, 4.69) is 4.99 Å². The van der Waals surface area contributed by atoms with Crippen molar-refractivity contribution in [3.05, 3.63) is 63.2 Å². The molecule has 0 radical (unpaired) electrons. The lowest BCUT2D eigenvalue weighted by atomic mass is 10.1. The van der Waals surface area contributed by atoms with E-state index in [1.807, 2.05) is 13.8 Å². The van der Waals surface area contributed by atoms with Gasteiger partial charge in [0.25, 0.3) is 5.69 Å². The zero-order chi connectivity index (χ0) is 14.7. The molecule has 0 atom stereocenters. The molecule has 0 saturated heterocycles. The van der Waals surface area contributed by atoms with E-state index in [0.717, 1.165) is 22.4 Å². The number of rotatable bonds is 3. The lowest BCUT2D eigenvalue weighted by molar-refractivity contribution is -0.384. The molecule has 3 N–H and O–H groups in total. The molecule has 0 heterocycles. The molecule has 0 amide bonds. The molecule has 2 aromatic carbocycles. The number of non-ortho nitro benzene ring substituents is 1. The maximum Gasteiger partial charge on any atom is 0.269 e. The summed E-state index contributed by atoms with van der Waals surface area (Å²) in [5.74, 6) is 0.277. The van der Waals surface area contributed by atoms with E-state index in [1.54, 1.807) is 30.5 Å². The van der Waals surface area contributed by atoms with Crippen molar-refractivity contribution in [3.8, 4) is 5.75 Å². The van der Waals surface area contributed by atoms with Gasteiger partial charge in [-0.25, -0.2) is 0 Å². The number of hydrogen-bond acceptors (Lipinski definition) is 4. The summed E-state index contributed by atoms with van der Waals surface area (Å²) in [4.78, 5) is 14.4. The van der Waals surface area contributed by atoms with Crippen LogP contribution in [0, 0.1) is 24.0 Å².